The van der Waals surface area contributed by atoms with Crippen LogP contribution in [0.2, 0.25) is 0 Å². The van der Waals surface area contributed by atoms with Crippen LogP contribution in [0.1, 0.15) is 24.8 Å². The molecule has 0 radical (unpaired) electrons. The molecule has 0 bridgehead atoms. The van der Waals surface area contributed by atoms with Gasteiger partial charge in [-0.1, -0.05) is 12.5 Å². The van der Waals surface area contributed by atoms with Gasteiger partial charge in [-0.25, -0.2) is 18.3 Å². The lowest BCUT2D eigenvalue weighted by Crippen LogP contribution is -2.28. The van der Waals surface area contributed by atoms with Crippen LogP contribution >= 0.6 is 0 Å². The maximum Gasteiger partial charge on any atom is 0.350 e. The van der Waals surface area contributed by atoms with Gasteiger partial charge in [0, 0.05) is 18.9 Å². The Morgan fingerprint density at radius 1 is 1.25 bits per heavy atom. The molecule has 4 rings (SSSR count). The molecule has 124 valence electrons. The van der Waals surface area contributed by atoms with Gasteiger partial charge in [-0.2, -0.15) is 0 Å². The summed E-state index contributed by atoms with van der Waals surface area (Å²) in [6.45, 7) is 2.20. The molecule has 1 aliphatic rings. The Hall–Kier alpha value is -2.70. The van der Waals surface area contributed by atoms with Gasteiger partial charge >= 0.3 is 11.2 Å². The maximum absolute atomic E-state index is 13.8. The number of rotatable bonds is 3. The number of hydrogen-bond acceptors (Lipinski definition) is 3. The van der Waals surface area contributed by atoms with Crippen molar-refractivity contribution in [2.45, 2.75) is 32.7 Å². The molecule has 1 aromatic carbocycles. The van der Waals surface area contributed by atoms with Gasteiger partial charge in [-0.15, -0.1) is 5.10 Å². The van der Waals surface area contributed by atoms with Gasteiger partial charge in [0.1, 0.15) is 5.82 Å². The molecule has 3 aromatic rings. The van der Waals surface area contributed by atoms with Gasteiger partial charge in [-0.05, 0) is 43.4 Å². The average molecular weight is 328 g/mol. The van der Waals surface area contributed by atoms with E-state index in [2.05, 4.69) is 5.10 Å². The molecular weight excluding hydrogens is 311 g/mol. The Morgan fingerprint density at radius 2 is 2.04 bits per heavy atom. The summed E-state index contributed by atoms with van der Waals surface area (Å²) in [5, 5.41) is 4.20. The first-order valence-electron chi connectivity index (χ1n) is 8.02. The second kappa shape index (κ2) is 5.43. The predicted octanol–water partition coefficient (Wildman–Crippen LogP) is 1.89. The van der Waals surface area contributed by atoms with Crippen molar-refractivity contribution in [2.24, 2.45) is 5.92 Å². The van der Waals surface area contributed by atoms with Crippen LogP contribution in [0.5, 0.6) is 0 Å². The average Bonchev–Trinajstić information content (AvgIpc) is 2.84. The van der Waals surface area contributed by atoms with Crippen molar-refractivity contribution in [3.05, 3.63) is 62.8 Å². The molecule has 2 heterocycles. The van der Waals surface area contributed by atoms with Crippen molar-refractivity contribution in [3.8, 4) is 5.69 Å². The van der Waals surface area contributed by atoms with Crippen LogP contribution in [0.25, 0.3) is 11.3 Å². The Morgan fingerprint density at radius 3 is 2.71 bits per heavy atom. The molecule has 1 aliphatic carbocycles. The van der Waals surface area contributed by atoms with Gasteiger partial charge < -0.3 is 0 Å². The molecule has 24 heavy (non-hydrogen) atoms. The first kappa shape index (κ1) is 14.9. The zero-order chi connectivity index (χ0) is 16.8. The third kappa shape index (κ3) is 2.28. The van der Waals surface area contributed by atoms with E-state index in [4.69, 9.17) is 0 Å². The lowest BCUT2D eigenvalue weighted by atomic mass is 9.86. The number of benzene rings is 1. The van der Waals surface area contributed by atoms with E-state index >= 15 is 0 Å². The van der Waals surface area contributed by atoms with Crippen molar-refractivity contribution in [1.82, 2.24) is 18.7 Å². The van der Waals surface area contributed by atoms with Crippen LogP contribution in [-0.2, 0) is 6.54 Å². The molecule has 2 aromatic heterocycles. The lowest BCUT2D eigenvalue weighted by molar-refractivity contribution is 0.263. The predicted molar refractivity (Wildman–Crippen MR) is 87.1 cm³/mol. The highest BCUT2D eigenvalue weighted by Crippen LogP contribution is 2.27. The third-order valence-corrected chi connectivity index (χ3v) is 4.73. The molecule has 0 atom stereocenters. The fourth-order valence-corrected chi connectivity index (χ4v) is 2.98. The van der Waals surface area contributed by atoms with Crippen molar-refractivity contribution in [2.75, 3.05) is 0 Å². The van der Waals surface area contributed by atoms with Gasteiger partial charge in [-0.3, -0.25) is 9.36 Å². The number of halogens is 1. The van der Waals surface area contributed by atoms with E-state index in [1.54, 1.807) is 19.1 Å². The minimum atomic E-state index is -0.440. The number of aromatic nitrogens is 4. The summed E-state index contributed by atoms with van der Waals surface area (Å²) >= 11 is 0. The molecule has 0 amide bonds. The zero-order valence-corrected chi connectivity index (χ0v) is 13.3. The highest BCUT2D eigenvalue weighted by Gasteiger charge is 2.21. The Labute approximate surface area is 136 Å². The summed E-state index contributed by atoms with van der Waals surface area (Å²) in [7, 11) is 0. The van der Waals surface area contributed by atoms with Crippen molar-refractivity contribution in [1.29, 1.82) is 0 Å². The van der Waals surface area contributed by atoms with Crippen LogP contribution in [-0.4, -0.2) is 18.7 Å². The molecule has 0 unspecified atom stereocenters. The van der Waals surface area contributed by atoms with Crippen molar-refractivity contribution < 1.29 is 4.39 Å². The van der Waals surface area contributed by atoms with E-state index in [0.717, 1.165) is 12.8 Å². The van der Waals surface area contributed by atoms with Gasteiger partial charge in [0.25, 0.3) is 0 Å². The number of hydrogen-bond donors (Lipinski definition) is 0. The van der Waals surface area contributed by atoms with E-state index in [1.165, 1.54) is 38.5 Å². The van der Waals surface area contributed by atoms with Gasteiger partial charge in [0.05, 0.1) is 5.69 Å². The van der Waals surface area contributed by atoms with E-state index < -0.39 is 5.56 Å². The lowest BCUT2D eigenvalue weighted by Gasteiger charge is -2.24. The van der Waals surface area contributed by atoms with Crippen LogP contribution in [0.4, 0.5) is 4.39 Å². The topological polar surface area (TPSA) is 61.3 Å². The second-order valence-electron chi connectivity index (χ2n) is 6.36. The minimum Gasteiger partial charge on any atom is -0.279 e. The first-order valence-corrected chi connectivity index (χ1v) is 8.02. The molecule has 6 nitrogen and oxygen atoms in total. The molecular formula is C17H17FN4O2. The van der Waals surface area contributed by atoms with Crippen LogP contribution in [0.3, 0.4) is 0 Å². The van der Waals surface area contributed by atoms with Crippen molar-refractivity contribution in [3.63, 3.8) is 0 Å². The van der Waals surface area contributed by atoms with E-state index in [0.29, 0.717) is 23.7 Å². The number of fused-ring (bicyclic) bond motifs is 1. The summed E-state index contributed by atoms with van der Waals surface area (Å²) in [5.74, 6) is 0.0770. The molecule has 7 heteroatoms. The quantitative estimate of drug-likeness (QED) is 0.738. The fraction of sp³-hybridized carbons (Fsp3) is 0.353. The van der Waals surface area contributed by atoms with Gasteiger partial charge in [0.2, 0.25) is 5.65 Å². The summed E-state index contributed by atoms with van der Waals surface area (Å²) in [6, 6.07) is 4.58. The molecule has 0 spiro atoms. The zero-order valence-electron chi connectivity index (χ0n) is 13.3. The summed E-state index contributed by atoms with van der Waals surface area (Å²) in [4.78, 5) is 25.0. The summed E-state index contributed by atoms with van der Waals surface area (Å²) in [6.07, 6.45) is 6.33. The standard InChI is InChI=1S/C17H17FN4O2/c1-11-5-6-13(9-14(11)18)20-7-8-21-15(16(20)23)19-22(17(21)24)10-12-3-2-4-12/h5-9,12H,2-4,10H2,1H3. The smallest absolute Gasteiger partial charge is 0.279 e. The highest BCUT2D eigenvalue weighted by atomic mass is 19.1. The largest absolute Gasteiger partial charge is 0.350 e. The maximum atomic E-state index is 13.8. The molecule has 1 fully saturated rings. The summed E-state index contributed by atoms with van der Waals surface area (Å²) in [5.41, 5.74) is 0.227. The molecule has 0 aliphatic heterocycles. The van der Waals surface area contributed by atoms with E-state index in [-0.39, 0.29) is 17.2 Å². The highest BCUT2D eigenvalue weighted by molar-refractivity contribution is 5.41. The Bertz CT molecular complexity index is 1040. The fourth-order valence-electron chi connectivity index (χ4n) is 2.98. The normalized spacial score (nSPS) is 14.9. The third-order valence-electron chi connectivity index (χ3n) is 4.73. The minimum absolute atomic E-state index is 0.0582. The van der Waals surface area contributed by atoms with Crippen LogP contribution < -0.4 is 11.2 Å². The SMILES string of the molecule is Cc1ccc(-n2ccn3c(=O)n(CC4CCC4)nc3c2=O)cc1F. The van der Waals surface area contributed by atoms with Crippen molar-refractivity contribution >= 4 is 5.65 Å². The van der Waals surface area contributed by atoms with Gasteiger partial charge in [0.15, 0.2) is 0 Å². The number of aryl methyl sites for hydroxylation is 1. The molecule has 1 saturated carbocycles. The van der Waals surface area contributed by atoms with E-state index in [1.807, 2.05) is 0 Å². The number of nitrogens with zero attached hydrogens (tertiary/aromatic N) is 4. The first-order chi connectivity index (χ1) is 11.5. The van der Waals surface area contributed by atoms with E-state index in [9.17, 15) is 14.0 Å². The van der Waals surface area contributed by atoms with Crippen LogP contribution in [0.15, 0.2) is 40.2 Å². The Balaban J connectivity index is 1.83. The monoisotopic (exact) mass is 328 g/mol. The Kier molecular flexibility index (Phi) is 3.37. The van der Waals surface area contributed by atoms with Crippen LogP contribution in [0, 0.1) is 18.7 Å². The summed E-state index contributed by atoms with van der Waals surface area (Å²) < 4.78 is 17.7. The molecule has 0 saturated heterocycles. The molecule has 0 N–H and O–H groups in total. The second-order valence-corrected chi connectivity index (χ2v) is 6.36.